The molecule has 0 radical (unpaired) electrons. The highest BCUT2D eigenvalue weighted by Gasteiger charge is 2.58. The normalized spacial score (nSPS) is 25.9. The van der Waals surface area contributed by atoms with E-state index in [4.69, 9.17) is 18.6 Å². The second kappa shape index (κ2) is 12.4. The molecule has 0 spiro atoms. The highest BCUT2D eigenvalue weighted by Crippen LogP contribution is 2.48. The number of allylic oxidation sites excluding steroid dienone is 1. The van der Waals surface area contributed by atoms with Gasteiger partial charge in [0, 0.05) is 7.11 Å². The fourth-order valence-corrected chi connectivity index (χ4v) is 6.91. The summed E-state index contributed by atoms with van der Waals surface area (Å²) in [6, 6.07) is -0.485. The van der Waals surface area contributed by atoms with Crippen LogP contribution >= 0.6 is 0 Å². The summed E-state index contributed by atoms with van der Waals surface area (Å²) in [6.45, 7) is 22.5. The largest absolute Gasteiger partial charge is 0.457 e. The Labute approximate surface area is 240 Å². The van der Waals surface area contributed by atoms with Gasteiger partial charge in [-0.25, -0.2) is 9.59 Å². The number of hydrogen-bond acceptors (Lipinski definition) is 7. The quantitative estimate of drug-likeness (QED) is 0.149. The van der Waals surface area contributed by atoms with Crippen LogP contribution in [-0.2, 0) is 28.2 Å². The minimum absolute atomic E-state index is 0.00580. The van der Waals surface area contributed by atoms with Crippen molar-refractivity contribution in [2.75, 3.05) is 26.9 Å². The van der Waals surface area contributed by atoms with Gasteiger partial charge in [0.1, 0.15) is 18.9 Å². The number of nitrogens with zero attached hydrogens (tertiary/aromatic N) is 2. The van der Waals surface area contributed by atoms with Gasteiger partial charge in [-0.3, -0.25) is 9.69 Å². The Bertz CT molecular complexity index is 1090. The number of rotatable bonds is 11. The summed E-state index contributed by atoms with van der Waals surface area (Å²) in [5.41, 5.74) is 1.82. The molecule has 3 aliphatic heterocycles. The van der Waals surface area contributed by atoms with Crippen molar-refractivity contribution in [3.05, 3.63) is 48.2 Å². The van der Waals surface area contributed by atoms with Gasteiger partial charge >= 0.3 is 12.1 Å². The topological polar surface area (TPSA) is 94.6 Å². The molecule has 3 aliphatic rings. The number of carbonyl (C=O) groups is 3. The Hall–Kier alpha value is -2.69. The number of fused-ring (bicyclic) bond motifs is 1. The van der Waals surface area contributed by atoms with E-state index in [1.54, 1.807) is 16.9 Å². The van der Waals surface area contributed by atoms with E-state index >= 15 is 0 Å². The maximum atomic E-state index is 13.5. The molecule has 5 atom stereocenters. The molecule has 0 unspecified atom stereocenters. The third-order valence-electron chi connectivity index (χ3n) is 8.64. The average molecular weight is 575 g/mol. The Morgan fingerprint density at radius 1 is 1.15 bits per heavy atom. The van der Waals surface area contributed by atoms with Gasteiger partial charge in [0.25, 0.3) is 0 Å². The van der Waals surface area contributed by atoms with E-state index in [0.717, 1.165) is 11.1 Å². The van der Waals surface area contributed by atoms with Crippen molar-refractivity contribution in [1.82, 2.24) is 9.80 Å². The van der Waals surface area contributed by atoms with Crippen LogP contribution in [0, 0.1) is 5.92 Å². The SMILES string of the molecule is C=CCOC(=O)C1=C(C(C)=C[C@@H]2C[C@@H](OC)CN2C(=O)OCC=C)C[C@@H]2[C@@H]([C@@H](C)O[Si](C)(C)C(C)(C)C)C(=O)N12. The van der Waals surface area contributed by atoms with Crippen LogP contribution in [0.4, 0.5) is 4.79 Å². The van der Waals surface area contributed by atoms with E-state index in [1.807, 2.05) is 19.9 Å². The maximum absolute atomic E-state index is 13.5. The zero-order valence-electron chi connectivity index (χ0n) is 25.3. The lowest BCUT2D eigenvalue weighted by Crippen LogP contribution is -2.63. The maximum Gasteiger partial charge on any atom is 0.410 e. The molecule has 0 bridgehead atoms. The molecule has 0 aliphatic carbocycles. The highest BCUT2D eigenvalue weighted by molar-refractivity contribution is 6.74. The van der Waals surface area contributed by atoms with Crippen LogP contribution in [0.15, 0.2) is 48.2 Å². The van der Waals surface area contributed by atoms with Crippen molar-refractivity contribution < 1.29 is 33.0 Å². The summed E-state index contributed by atoms with van der Waals surface area (Å²) in [7, 11) is -0.492. The molecule has 0 N–H and O–H groups in total. The second-order valence-corrected chi connectivity index (χ2v) is 17.1. The molecule has 0 aromatic heterocycles. The Morgan fingerprint density at radius 3 is 2.35 bits per heavy atom. The number of carbonyl (C=O) groups excluding carboxylic acids is 3. The molecule has 2 saturated heterocycles. The number of esters is 1. The monoisotopic (exact) mass is 574 g/mol. The van der Waals surface area contributed by atoms with Crippen LogP contribution in [0.1, 0.15) is 47.5 Å². The molecular formula is C30H46N2O7Si. The third kappa shape index (κ3) is 6.29. The van der Waals surface area contributed by atoms with Crippen LogP contribution in [0.2, 0.25) is 18.1 Å². The zero-order chi connectivity index (χ0) is 30.0. The summed E-state index contributed by atoms with van der Waals surface area (Å²) < 4.78 is 22.8. The van der Waals surface area contributed by atoms with Crippen LogP contribution in [0.5, 0.6) is 0 Å². The first kappa shape index (κ1) is 31.8. The van der Waals surface area contributed by atoms with E-state index in [0.29, 0.717) is 19.4 Å². The Kier molecular flexibility index (Phi) is 9.90. The highest BCUT2D eigenvalue weighted by atomic mass is 28.4. The fourth-order valence-electron chi connectivity index (χ4n) is 5.48. The lowest BCUT2D eigenvalue weighted by Gasteiger charge is -2.48. The minimum Gasteiger partial charge on any atom is -0.457 e. The zero-order valence-corrected chi connectivity index (χ0v) is 26.3. The summed E-state index contributed by atoms with van der Waals surface area (Å²) in [4.78, 5) is 42.7. The van der Waals surface area contributed by atoms with Crippen LogP contribution in [-0.4, -0.2) is 87.2 Å². The number of ether oxygens (including phenoxy) is 3. The number of β-lactam (4-membered cyclic amide) rings is 1. The Morgan fingerprint density at radius 2 is 1.77 bits per heavy atom. The van der Waals surface area contributed by atoms with Gasteiger partial charge in [-0.1, -0.05) is 52.2 Å². The summed E-state index contributed by atoms with van der Waals surface area (Å²) in [5.74, 6) is -1.03. The predicted molar refractivity (Wildman–Crippen MR) is 156 cm³/mol. The van der Waals surface area contributed by atoms with Gasteiger partial charge in [-0.05, 0) is 56.0 Å². The van der Waals surface area contributed by atoms with Gasteiger partial charge < -0.3 is 23.5 Å². The smallest absolute Gasteiger partial charge is 0.410 e. The molecule has 222 valence electrons. The number of likely N-dealkylation sites (tertiary alicyclic amines) is 1. The van der Waals surface area contributed by atoms with Gasteiger partial charge in [0.15, 0.2) is 8.32 Å². The van der Waals surface area contributed by atoms with Crippen molar-refractivity contribution in [2.45, 2.75) is 89.9 Å². The molecule has 9 nitrogen and oxygen atoms in total. The first-order chi connectivity index (χ1) is 18.7. The van der Waals surface area contributed by atoms with Gasteiger partial charge in [-0.2, -0.15) is 0 Å². The molecule has 40 heavy (non-hydrogen) atoms. The van der Waals surface area contributed by atoms with Crippen molar-refractivity contribution in [3.63, 3.8) is 0 Å². The number of hydrogen-bond donors (Lipinski definition) is 0. The molecule has 0 aromatic carbocycles. The van der Waals surface area contributed by atoms with Crippen LogP contribution < -0.4 is 0 Å². The summed E-state index contributed by atoms with van der Waals surface area (Å²) >= 11 is 0. The fraction of sp³-hybridized carbons (Fsp3) is 0.633. The van der Waals surface area contributed by atoms with Crippen molar-refractivity contribution in [1.29, 1.82) is 0 Å². The van der Waals surface area contributed by atoms with Gasteiger partial charge in [-0.15, -0.1) is 0 Å². The third-order valence-corrected chi connectivity index (χ3v) is 13.2. The van der Waals surface area contributed by atoms with Crippen molar-refractivity contribution in [2.24, 2.45) is 5.92 Å². The van der Waals surface area contributed by atoms with Crippen molar-refractivity contribution in [3.8, 4) is 0 Å². The summed E-state index contributed by atoms with van der Waals surface area (Å²) in [5, 5.41) is 0.00580. The van der Waals surface area contributed by atoms with Crippen molar-refractivity contribution >= 4 is 26.3 Å². The summed E-state index contributed by atoms with van der Waals surface area (Å²) in [6.07, 6.45) is 5.21. The molecule has 3 heterocycles. The standard InChI is InChI=1S/C30H46N2O7Si/c1-11-13-37-28(34)26-23(19(3)15-21-16-22(36-8)18-31(21)29(35)38-14-12-2)17-24-25(27(33)32(24)26)20(4)39-40(9,10)30(5,6)7/h11-12,15,20-22,24-25H,1-2,13-14,16-18H2,3-10H3/t20-,21-,22-,24-,25-/m1/s1. The first-order valence-electron chi connectivity index (χ1n) is 14.0. The molecule has 2 amide bonds. The van der Waals surface area contributed by atoms with Gasteiger partial charge in [0.2, 0.25) is 5.91 Å². The van der Waals surface area contributed by atoms with E-state index in [9.17, 15) is 14.4 Å². The lowest BCUT2D eigenvalue weighted by atomic mass is 9.82. The van der Waals surface area contributed by atoms with E-state index < -0.39 is 20.4 Å². The van der Waals surface area contributed by atoms with E-state index in [1.165, 1.54) is 12.2 Å². The Balaban J connectivity index is 1.91. The van der Waals surface area contributed by atoms with Crippen LogP contribution in [0.25, 0.3) is 0 Å². The first-order valence-corrected chi connectivity index (χ1v) is 16.9. The van der Waals surface area contributed by atoms with Gasteiger partial charge in [0.05, 0.1) is 36.8 Å². The van der Waals surface area contributed by atoms with E-state index in [-0.39, 0.29) is 60.1 Å². The number of amides is 2. The predicted octanol–water partition coefficient (Wildman–Crippen LogP) is 4.97. The lowest BCUT2D eigenvalue weighted by molar-refractivity contribution is -0.161. The molecule has 0 aromatic rings. The van der Waals surface area contributed by atoms with Crippen LogP contribution in [0.3, 0.4) is 0 Å². The second-order valence-electron chi connectivity index (χ2n) is 12.3. The molecule has 0 saturated carbocycles. The minimum atomic E-state index is -2.11. The molecule has 10 heteroatoms. The van der Waals surface area contributed by atoms with E-state index in [2.05, 4.69) is 47.0 Å². The number of methoxy groups -OCH3 is 1. The average Bonchev–Trinajstić information content (AvgIpc) is 3.44. The molecular weight excluding hydrogens is 528 g/mol. The molecule has 3 rings (SSSR count). The molecule has 2 fully saturated rings.